The molecule has 0 amide bonds. The van der Waals surface area contributed by atoms with E-state index in [0.29, 0.717) is 6.54 Å². The van der Waals surface area contributed by atoms with Gasteiger partial charge in [-0.3, -0.25) is 4.79 Å². The minimum Gasteiger partial charge on any atom is -0.480 e. The lowest BCUT2D eigenvalue weighted by Gasteiger charge is -2.22. The Morgan fingerprint density at radius 3 is 2.89 bits per heavy atom. The summed E-state index contributed by atoms with van der Waals surface area (Å²) >= 11 is 0. The summed E-state index contributed by atoms with van der Waals surface area (Å²) in [6, 6.07) is 7.61. The molecule has 2 aromatic rings. The van der Waals surface area contributed by atoms with Crippen LogP contribution in [0.1, 0.15) is 13.3 Å². The molecule has 0 saturated carbocycles. The third kappa shape index (κ3) is 2.56. The van der Waals surface area contributed by atoms with Crippen molar-refractivity contribution in [3.05, 3.63) is 30.5 Å². The van der Waals surface area contributed by atoms with Gasteiger partial charge in [0.2, 0.25) is 0 Å². The first-order chi connectivity index (χ1) is 8.72. The second-order valence-corrected chi connectivity index (χ2v) is 4.06. The molecule has 0 fully saturated rings. The summed E-state index contributed by atoms with van der Waals surface area (Å²) in [5.74, 6) is -0.843. The average molecular weight is 245 g/mol. The number of carbonyl (C=O) groups is 1. The summed E-state index contributed by atoms with van der Waals surface area (Å²) in [5.41, 5.74) is 1.60. The van der Waals surface area contributed by atoms with Gasteiger partial charge < -0.3 is 10.0 Å². The minimum absolute atomic E-state index is 0.0243. The number of fused-ring (bicyclic) bond motifs is 1. The van der Waals surface area contributed by atoms with Crippen molar-refractivity contribution >= 4 is 22.6 Å². The highest BCUT2D eigenvalue weighted by Gasteiger charge is 2.13. The Balaban J connectivity index is 2.46. The van der Waals surface area contributed by atoms with Crippen LogP contribution < -0.4 is 4.90 Å². The zero-order chi connectivity index (χ0) is 13.0. The Labute approximate surface area is 105 Å². The van der Waals surface area contributed by atoms with E-state index in [0.717, 1.165) is 23.0 Å². The number of carboxylic acid groups (broad SMARTS) is 1. The zero-order valence-corrected chi connectivity index (χ0v) is 10.2. The van der Waals surface area contributed by atoms with Gasteiger partial charge in [0, 0.05) is 11.9 Å². The van der Waals surface area contributed by atoms with E-state index in [1.165, 1.54) is 0 Å². The molecule has 0 aliphatic heterocycles. The SMILES string of the molecule is CCCN(CC(=O)O)c1cnnc2ccccc12. The number of anilines is 1. The van der Waals surface area contributed by atoms with Gasteiger partial charge in [0.15, 0.2) is 0 Å². The number of carboxylic acids is 1. The van der Waals surface area contributed by atoms with Crippen molar-refractivity contribution in [2.24, 2.45) is 0 Å². The summed E-state index contributed by atoms with van der Waals surface area (Å²) in [6.07, 6.45) is 2.50. The van der Waals surface area contributed by atoms with Gasteiger partial charge in [0.05, 0.1) is 17.4 Å². The van der Waals surface area contributed by atoms with Gasteiger partial charge >= 0.3 is 5.97 Å². The van der Waals surface area contributed by atoms with Crippen LogP contribution in [-0.4, -0.2) is 34.4 Å². The molecule has 0 unspecified atom stereocenters. The lowest BCUT2D eigenvalue weighted by molar-refractivity contribution is -0.135. The van der Waals surface area contributed by atoms with Crippen molar-refractivity contribution in [3.63, 3.8) is 0 Å². The van der Waals surface area contributed by atoms with Crippen LogP contribution in [0.15, 0.2) is 30.5 Å². The van der Waals surface area contributed by atoms with E-state index in [4.69, 9.17) is 5.11 Å². The lowest BCUT2D eigenvalue weighted by Crippen LogP contribution is -2.30. The number of nitrogens with zero attached hydrogens (tertiary/aromatic N) is 3. The van der Waals surface area contributed by atoms with E-state index in [-0.39, 0.29) is 6.54 Å². The summed E-state index contributed by atoms with van der Waals surface area (Å²) in [6.45, 7) is 2.68. The highest BCUT2D eigenvalue weighted by atomic mass is 16.4. The second-order valence-electron chi connectivity index (χ2n) is 4.06. The number of aliphatic carboxylic acids is 1. The summed E-state index contributed by atoms with van der Waals surface area (Å²) in [7, 11) is 0. The quantitative estimate of drug-likeness (QED) is 0.871. The van der Waals surface area contributed by atoms with E-state index >= 15 is 0 Å². The molecular weight excluding hydrogens is 230 g/mol. The Morgan fingerprint density at radius 1 is 1.39 bits per heavy atom. The first-order valence-electron chi connectivity index (χ1n) is 5.89. The molecule has 1 aromatic carbocycles. The topological polar surface area (TPSA) is 66.3 Å². The van der Waals surface area contributed by atoms with Crippen LogP contribution in [0.25, 0.3) is 10.9 Å². The fourth-order valence-corrected chi connectivity index (χ4v) is 1.96. The van der Waals surface area contributed by atoms with Crippen LogP contribution >= 0.6 is 0 Å². The normalized spacial score (nSPS) is 10.5. The number of hydrogen-bond acceptors (Lipinski definition) is 4. The van der Waals surface area contributed by atoms with Crippen molar-refractivity contribution in [2.45, 2.75) is 13.3 Å². The van der Waals surface area contributed by atoms with Crippen LogP contribution in [0.3, 0.4) is 0 Å². The minimum atomic E-state index is -0.843. The number of hydrogen-bond donors (Lipinski definition) is 1. The first kappa shape index (κ1) is 12.3. The monoisotopic (exact) mass is 245 g/mol. The Morgan fingerprint density at radius 2 is 2.17 bits per heavy atom. The highest BCUT2D eigenvalue weighted by molar-refractivity contribution is 5.92. The van der Waals surface area contributed by atoms with Crippen molar-refractivity contribution in [1.82, 2.24) is 10.2 Å². The smallest absolute Gasteiger partial charge is 0.323 e. The Bertz CT molecular complexity index is 551. The van der Waals surface area contributed by atoms with Crippen LogP contribution in [0, 0.1) is 0 Å². The standard InChI is InChI=1S/C13H15N3O2/c1-2-7-16(9-13(17)18)12-8-14-15-11-6-4-3-5-10(11)12/h3-6,8H,2,7,9H2,1H3,(H,17,18). The van der Waals surface area contributed by atoms with Crippen molar-refractivity contribution < 1.29 is 9.90 Å². The third-order valence-electron chi connectivity index (χ3n) is 2.69. The van der Waals surface area contributed by atoms with Crippen molar-refractivity contribution in [1.29, 1.82) is 0 Å². The summed E-state index contributed by atoms with van der Waals surface area (Å²) < 4.78 is 0. The predicted octanol–water partition coefficient (Wildman–Crippen LogP) is 1.93. The van der Waals surface area contributed by atoms with Gasteiger partial charge in [-0.25, -0.2) is 0 Å². The van der Waals surface area contributed by atoms with E-state index < -0.39 is 5.97 Å². The Kier molecular flexibility index (Phi) is 3.72. The van der Waals surface area contributed by atoms with Gasteiger partial charge in [0.1, 0.15) is 6.54 Å². The molecule has 0 aliphatic carbocycles. The maximum atomic E-state index is 10.9. The highest BCUT2D eigenvalue weighted by Crippen LogP contribution is 2.23. The molecule has 94 valence electrons. The molecule has 18 heavy (non-hydrogen) atoms. The Hall–Kier alpha value is -2.17. The van der Waals surface area contributed by atoms with E-state index in [1.807, 2.05) is 36.1 Å². The average Bonchev–Trinajstić information content (AvgIpc) is 2.37. The van der Waals surface area contributed by atoms with Gasteiger partial charge in [-0.1, -0.05) is 25.1 Å². The molecule has 0 aliphatic rings. The third-order valence-corrected chi connectivity index (χ3v) is 2.69. The molecule has 1 heterocycles. The number of rotatable bonds is 5. The van der Waals surface area contributed by atoms with E-state index in [2.05, 4.69) is 10.2 Å². The van der Waals surface area contributed by atoms with E-state index in [1.54, 1.807) is 6.20 Å². The molecule has 2 rings (SSSR count). The molecule has 1 aromatic heterocycles. The predicted molar refractivity (Wildman–Crippen MR) is 69.7 cm³/mol. The van der Waals surface area contributed by atoms with Crippen LogP contribution in [-0.2, 0) is 4.79 Å². The molecule has 0 radical (unpaired) electrons. The summed E-state index contributed by atoms with van der Waals surface area (Å²) in [4.78, 5) is 12.7. The van der Waals surface area contributed by atoms with Gasteiger partial charge in [-0.15, -0.1) is 0 Å². The second kappa shape index (κ2) is 5.44. The first-order valence-corrected chi connectivity index (χ1v) is 5.89. The van der Waals surface area contributed by atoms with Crippen molar-refractivity contribution in [3.8, 4) is 0 Å². The lowest BCUT2D eigenvalue weighted by atomic mass is 10.2. The number of aromatic nitrogens is 2. The van der Waals surface area contributed by atoms with E-state index in [9.17, 15) is 4.79 Å². The zero-order valence-electron chi connectivity index (χ0n) is 10.2. The van der Waals surface area contributed by atoms with Gasteiger partial charge in [-0.05, 0) is 12.5 Å². The number of benzene rings is 1. The van der Waals surface area contributed by atoms with Gasteiger partial charge in [-0.2, -0.15) is 10.2 Å². The van der Waals surface area contributed by atoms with Crippen LogP contribution in [0.5, 0.6) is 0 Å². The molecular formula is C13H15N3O2. The fraction of sp³-hybridized carbons (Fsp3) is 0.308. The molecule has 0 atom stereocenters. The molecule has 0 saturated heterocycles. The van der Waals surface area contributed by atoms with Crippen LogP contribution in [0.2, 0.25) is 0 Å². The maximum absolute atomic E-state index is 10.9. The fourth-order valence-electron chi connectivity index (χ4n) is 1.96. The van der Waals surface area contributed by atoms with Crippen molar-refractivity contribution in [2.75, 3.05) is 18.0 Å². The summed E-state index contributed by atoms with van der Waals surface area (Å²) in [5, 5.41) is 17.9. The largest absolute Gasteiger partial charge is 0.480 e. The molecule has 0 bridgehead atoms. The molecule has 5 nitrogen and oxygen atoms in total. The molecule has 5 heteroatoms. The van der Waals surface area contributed by atoms with Gasteiger partial charge in [0.25, 0.3) is 0 Å². The molecule has 1 N–H and O–H groups in total. The molecule has 0 spiro atoms. The maximum Gasteiger partial charge on any atom is 0.323 e. The van der Waals surface area contributed by atoms with Crippen LogP contribution in [0.4, 0.5) is 5.69 Å².